The van der Waals surface area contributed by atoms with E-state index in [-0.39, 0.29) is 0 Å². The molecule has 1 unspecified atom stereocenters. The first kappa shape index (κ1) is 18.6. The molecule has 1 atom stereocenters. The number of benzene rings is 2. The van der Waals surface area contributed by atoms with Crippen molar-refractivity contribution >= 4 is 11.6 Å². The van der Waals surface area contributed by atoms with Crippen LogP contribution in [-0.2, 0) is 11.2 Å². The first-order valence-corrected chi connectivity index (χ1v) is 8.89. The van der Waals surface area contributed by atoms with Crippen molar-refractivity contribution in [1.82, 2.24) is 10.5 Å². The summed E-state index contributed by atoms with van der Waals surface area (Å²) < 4.78 is 0. The zero-order chi connectivity index (χ0) is 19.1. The van der Waals surface area contributed by atoms with Gasteiger partial charge in [-0.15, -0.1) is 0 Å². The molecule has 5 nitrogen and oxygen atoms in total. The van der Waals surface area contributed by atoms with Crippen LogP contribution in [0.2, 0.25) is 0 Å². The van der Waals surface area contributed by atoms with Crippen molar-refractivity contribution in [3.63, 3.8) is 0 Å². The van der Waals surface area contributed by atoms with Crippen LogP contribution in [0.1, 0.15) is 22.7 Å². The molecule has 5 heteroatoms. The normalized spacial score (nSPS) is 11.6. The van der Waals surface area contributed by atoms with E-state index in [9.17, 15) is 4.79 Å². The molecule has 1 amide bonds. The van der Waals surface area contributed by atoms with E-state index in [1.54, 1.807) is 11.7 Å². The van der Waals surface area contributed by atoms with Crippen molar-refractivity contribution in [3.05, 3.63) is 95.8 Å². The van der Waals surface area contributed by atoms with Crippen LogP contribution in [0.3, 0.4) is 0 Å². The first-order valence-electron chi connectivity index (χ1n) is 8.89. The molecule has 0 radical (unpaired) electrons. The molecule has 0 aliphatic rings. The molecule has 3 rings (SSSR count). The van der Waals surface area contributed by atoms with Crippen LogP contribution in [0.25, 0.3) is 0 Å². The molecule has 1 heterocycles. The highest BCUT2D eigenvalue weighted by Crippen LogP contribution is 2.26. The maximum absolute atomic E-state index is 12.2. The lowest BCUT2D eigenvalue weighted by molar-refractivity contribution is -0.129. The Labute approximate surface area is 159 Å². The van der Waals surface area contributed by atoms with E-state index in [4.69, 9.17) is 5.21 Å². The number of hydroxylamine groups is 1. The Kier molecular flexibility index (Phi) is 6.18. The smallest absolute Gasteiger partial charge is 0.255 e. The van der Waals surface area contributed by atoms with Crippen molar-refractivity contribution < 1.29 is 10.0 Å². The Hall–Kier alpha value is -3.18. The largest absolute Gasteiger partial charge is 0.374 e. The highest BCUT2D eigenvalue weighted by atomic mass is 16.5. The van der Waals surface area contributed by atoms with E-state index in [0.717, 1.165) is 35.5 Å². The topological polar surface area (TPSA) is 65.5 Å². The second-order valence-electron chi connectivity index (χ2n) is 6.40. The van der Waals surface area contributed by atoms with Crippen molar-refractivity contribution in [2.45, 2.75) is 12.3 Å². The number of carbonyl (C=O) groups excluding carboxylic acids is 1. The number of hydrogen-bond acceptors (Lipinski definition) is 4. The number of likely N-dealkylation sites (N-methyl/N-ethyl adjacent to an activating group) is 1. The minimum atomic E-state index is -0.552. The maximum atomic E-state index is 12.2. The summed E-state index contributed by atoms with van der Waals surface area (Å²) in [5, 5.41) is 9.14. The van der Waals surface area contributed by atoms with Crippen LogP contribution >= 0.6 is 0 Å². The lowest BCUT2D eigenvalue weighted by Gasteiger charge is -2.21. The summed E-state index contributed by atoms with van der Waals surface area (Å²) >= 11 is 0. The zero-order valence-corrected chi connectivity index (χ0v) is 15.2. The van der Waals surface area contributed by atoms with Gasteiger partial charge in [0.25, 0.3) is 5.91 Å². The van der Waals surface area contributed by atoms with Crippen molar-refractivity contribution in [3.8, 4) is 0 Å². The first-order chi connectivity index (χ1) is 13.2. The average molecular weight is 361 g/mol. The van der Waals surface area contributed by atoms with Gasteiger partial charge in [-0.2, -0.15) is 0 Å². The number of amides is 1. The van der Waals surface area contributed by atoms with E-state index in [1.165, 1.54) is 0 Å². The molecule has 2 N–H and O–H groups in total. The van der Waals surface area contributed by atoms with E-state index in [0.29, 0.717) is 0 Å². The summed E-state index contributed by atoms with van der Waals surface area (Å²) in [5.41, 5.74) is 5.56. The summed E-state index contributed by atoms with van der Waals surface area (Å²) in [4.78, 5) is 18.7. The quantitative estimate of drug-likeness (QED) is 0.500. The van der Waals surface area contributed by atoms with Gasteiger partial charge >= 0.3 is 0 Å². The fourth-order valence-corrected chi connectivity index (χ4v) is 3.08. The van der Waals surface area contributed by atoms with Gasteiger partial charge in [0.05, 0.1) is 5.92 Å². The lowest BCUT2D eigenvalue weighted by atomic mass is 9.90. The predicted octanol–water partition coefficient (Wildman–Crippen LogP) is 3.40. The fraction of sp³-hybridized carbons (Fsp3) is 0.182. The third-order valence-electron chi connectivity index (χ3n) is 4.60. The van der Waals surface area contributed by atoms with Crippen LogP contribution in [0, 0.1) is 0 Å². The van der Waals surface area contributed by atoms with Crippen LogP contribution in [0.5, 0.6) is 0 Å². The van der Waals surface area contributed by atoms with E-state index < -0.39 is 11.8 Å². The molecule has 0 aliphatic carbocycles. The molecule has 0 saturated carbocycles. The Bertz CT molecular complexity index is 852. The van der Waals surface area contributed by atoms with Gasteiger partial charge in [0.15, 0.2) is 0 Å². The highest BCUT2D eigenvalue weighted by molar-refractivity contribution is 5.86. The van der Waals surface area contributed by atoms with E-state index in [2.05, 4.69) is 9.88 Å². The molecule has 0 fully saturated rings. The Balaban J connectivity index is 1.73. The number of carbonyl (C=O) groups is 1. The molecule has 138 valence electrons. The monoisotopic (exact) mass is 361 g/mol. The third kappa shape index (κ3) is 4.71. The number of hydrogen-bond donors (Lipinski definition) is 2. The molecular weight excluding hydrogens is 338 g/mol. The SMILES string of the molecule is CN(CCc1ccccn1)c1ccc(C(C(=O)NO)c2ccccc2)cc1. The van der Waals surface area contributed by atoms with E-state index in [1.807, 2.05) is 79.8 Å². The molecule has 0 spiro atoms. The number of pyridine rings is 1. The molecule has 0 bridgehead atoms. The minimum Gasteiger partial charge on any atom is -0.374 e. The molecular formula is C22H23N3O2. The lowest BCUT2D eigenvalue weighted by Crippen LogP contribution is -2.27. The van der Waals surface area contributed by atoms with Gasteiger partial charge < -0.3 is 4.90 Å². The van der Waals surface area contributed by atoms with Gasteiger partial charge in [-0.05, 0) is 35.4 Å². The van der Waals surface area contributed by atoms with Gasteiger partial charge in [0.1, 0.15) is 0 Å². The number of anilines is 1. The zero-order valence-electron chi connectivity index (χ0n) is 15.2. The average Bonchev–Trinajstić information content (AvgIpc) is 2.74. The Morgan fingerprint density at radius 2 is 1.67 bits per heavy atom. The predicted molar refractivity (Wildman–Crippen MR) is 106 cm³/mol. The second-order valence-corrected chi connectivity index (χ2v) is 6.40. The summed E-state index contributed by atoms with van der Waals surface area (Å²) in [5.74, 6) is -0.999. The molecule has 0 saturated heterocycles. The van der Waals surface area contributed by atoms with Crippen molar-refractivity contribution in [2.24, 2.45) is 0 Å². The molecule has 27 heavy (non-hydrogen) atoms. The number of nitrogens with zero attached hydrogens (tertiary/aromatic N) is 2. The number of nitrogens with one attached hydrogen (secondary N) is 1. The third-order valence-corrected chi connectivity index (χ3v) is 4.60. The summed E-state index contributed by atoms with van der Waals surface area (Å²) in [6, 6.07) is 23.2. The summed E-state index contributed by atoms with van der Waals surface area (Å²) in [6.07, 6.45) is 2.67. The van der Waals surface area contributed by atoms with Crippen LogP contribution < -0.4 is 10.4 Å². The Morgan fingerprint density at radius 3 is 2.30 bits per heavy atom. The fourth-order valence-electron chi connectivity index (χ4n) is 3.08. The summed E-state index contributed by atoms with van der Waals surface area (Å²) in [7, 11) is 2.03. The number of aromatic nitrogens is 1. The van der Waals surface area contributed by atoms with Gasteiger partial charge in [-0.1, -0.05) is 48.5 Å². The molecule has 3 aromatic rings. The minimum absolute atomic E-state index is 0.447. The van der Waals surface area contributed by atoms with Gasteiger partial charge in [0, 0.05) is 37.6 Å². The highest BCUT2D eigenvalue weighted by Gasteiger charge is 2.22. The summed E-state index contributed by atoms with van der Waals surface area (Å²) in [6.45, 7) is 0.843. The second kappa shape index (κ2) is 8.96. The van der Waals surface area contributed by atoms with Crippen LogP contribution in [0.4, 0.5) is 5.69 Å². The molecule has 0 aliphatic heterocycles. The van der Waals surface area contributed by atoms with Gasteiger partial charge in [0.2, 0.25) is 0 Å². The van der Waals surface area contributed by atoms with E-state index >= 15 is 0 Å². The van der Waals surface area contributed by atoms with Crippen molar-refractivity contribution in [1.29, 1.82) is 0 Å². The standard InChI is InChI=1S/C22H23N3O2/c1-25(16-14-19-9-5-6-15-23-19)20-12-10-18(11-13-20)21(22(26)24-27)17-7-3-2-4-8-17/h2-13,15,21,27H,14,16H2,1H3,(H,24,26). The molecule has 2 aromatic carbocycles. The maximum Gasteiger partial charge on any atom is 0.255 e. The van der Waals surface area contributed by atoms with Crippen molar-refractivity contribution in [2.75, 3.05) is 18.5 Å². The van der Waals surface area contributed by atoms with Gasteiger partial charge in [-0.3, -0.25) is 15.0 Å². The Morgan fingerprint density at radius 1 is 1.00 bits per heavy atom. The number of rotatable bonds is 7. The van der Waals surface area contributed by atoms with Crippen LogP contribution in [0.15, 0.2) is 79.0 Å². The van der Waals surface area contributed by atoms with Gasteiger partial charge in [-0.25, -0.2) is 5.48 Å². The molecule has 1 aromatic heterocycles. The van der Waals surface area contributed by atoms with Crippen LogP contribution in [-0.4, -0.2) is 29.7 Å².